The zero-order valence-electron chi connectivity index (χ0n) is 26.1. The van der Waals surface area contributed by atoms with Gasteiger partial charge in [0, 0.05) is 41.6 Å². The molecular formula is C33H53NO7. The van der Waals surface area contributed by atoms with Crippen molar-refractivity contribution in [3.05, 3.63) is 60.3 Å². The van der Waals surface area contributed by atoms with E-state index in [0.29, 0.717) is 12.0 Å². The van der Waals surface area contributed by atoms with E-state index in [0.717, 1.165) is 5.57 Å². The summed E-state index contributed by atoms with van der Waals surface area (Å²) in [5.41, 5.74) is 6.90. The molecule has 0 aromatic carbocycles. The molecule has 232 valence electrons. The zero-order valence-corrected chi connectivity index (χ0v) is 26.1. The second kappa shape index (κ2) is 17.3. The normalized spacial score (nSPS) is 24.9. The van der Waals surface area contributed by atoms with Crippen molar-refractivity contribution in [2.75, 3.05) is 0 Å². The highest BCUT2D eigenvalue weighted by Crippen LogP contribution is 2.29. The summed E-state index contributed by atoms with van der Waals surface area (Å²) < 4.78 is 10.8. The molecule has 1 rings (SSSR count). The lowest BCUT2D eigenvalue weighted by atomic mass is 9.81. The molecule has 1 aliphatic heterocycles. The van der Waals surface area contributed by atoms with Crippen LogP contribution in [0.1, 0.15) is 68.2 Å². The van der Waals surface area contributed by atoms with E-state index < -0.39 is 30.5 Å². The lowest BCUT2D eigenvalue weighted by molar-refractivity contribution is -0.149. The van der Waals surface area contributed by atoms with Crippen LogP contribution in [-0.2, 0) is 14.3 Å². The van der Waals surface area contributed by atoms with Gasteiger partial charge in [-0.3, -0.25) is 0 Å². The number of aliphatic hydroxyl groups excluding tert-OH is 3. The Morgan fingerprint density at radius 3 is 2.29 bits per heavy atom. The summed E-state index contributed by atoms with van der Waals surface area (Å²) in [6.07, 6.45) is 9.37. The van der Waals surface area contributed by atoms with Gasteiger partial charge in [0.1, 0.15) is 12.2 Å². The summed E-state index contributed by atoms with van der Waals surface area (Å²) in [6, 6.07) is 0. The summed E-state index contributed by atoms with van der Waals surface area (Å²) in [4.78, 5) is 23.4. The highest BCUT2D eigenvalue weighted by Gasteiger charge is 2.33. The highest BCUT2D eigenvalue weighted by molar-refractivity contribution is 5.88. The van der Waals surface area contributed by atoms with Crippen molar-refractivity contribution in [3.8, 4) is 0 Å². The van der Waals surface area contributed by atoms with E-state index in [1.54, 1.807) is 31.2 Å². The lowest BCUT2D eigenvalue weighted by Crippen LogP contribution is -2.41. The monoisotopic (exact) mass is 575 g/mol. The van der Waals surface area contributed by atoms with Crippen molar-refractivity contribution in [1.29, 1.82) is 0 Å². The predicted molar refractivity (Wildman–Crippen MR) is 163 cm³/mol. The molecule has 0 bridgehead atoms. The van der Waals surface area contributed by atoms with Gasteiger partial charge in [-0.2, -0.15) is 0 Å². The fraction of sp³-hybridized carbons (Fsp3) is 0.636. The van der Waals surface area contributed by atoms with E-state index in [1.807, 2.05) is 66.7 Å². The van der Waals surface area contributed by atoms with Crippen LogP contribution in [0.15, 0.2) is 60.3 Å². The molecule has 1 heterocycles. The molecule has 41 heavy (non-hydrogen) atoms. The standard InChI is InChI=1S/C33H53NO7/c1-10-11-12-21(4)31(41-33(34)39)26(9)30(37)24(7)16-19(2)15-23(6)29(36)20(3)13-14-27(35)18-28-22(5)17-25(8)32(38)40-28/h10-15,17,20-24,26-31,35-37H,1,16,18H2,2-9H3,(H2,34,39)/b12-11-,14-13-,19-15-/t20-,21?,22+,23?,24-,26-,27?,28-,29-,30+,31?/m0/s1. The maximum absolute atomic E-state index is 11.8. The highest BCUT2D eigenvalue weighted by atomic mass is 16.6. The Balaban J connectivity index is 2.75. The van der Waals surface area contributed by atoms with Gasteiger partial charge in [-0.25, -0.2) is 9.59 Å². The molecule has 0 fully saturated rings. The molecule has 11 atom stereocenters. The number of rotatable bonds is 16. The Kier molecular flexibility index (Phi) is 15.4. The molecule has 0 saturated heterocycles. The van der Waals surface area contributed by atoms with Crippen LogP contribution in [0.3, 0.4) is 0 Å². The minimum absolute atomic E-state index is 0.0230. The summed E-state index contributed by atoms with van der Waals surface area (Å²) in [7, 11) is 0. The molecule has 0 saturated carbocycles. The SMILES string of the molecule is C=C/C=C\C(C)C(OC(N)=O)[C@@H](C)[C@H](O)[C@@H](C)C/C(C)=C\C(C)[C@@H](O)[C@@H](C)/C=C\C(O)C[C@@H]1OC(=O)C(C)=C[C@H]1C. The quantitative estimate of drug-likeness (QED) is 0.112. The Morgan fingerprint density at radius 2 is 1.71 bits per heavy atom. The number of aliphatic hydroxyl groups is 3. The molecule has 5 N–H and O–H groups in total. The van der Waals surface area contributed by atoms with Crippen molar-refractivity contribution in [2.24, 2.45) is 41.2 Å². The molecule has 0 aromatic rings. The predicted octanol–water partition coefficient (Wildman–Crippen LogP) is 5.25. The second-order valence-corrected chi connectivity index (χ2v) is 12.0. The molecule has 4 unspecified atom stereocenters. The minimum atomic E-state index is -0.880. The molecule has 8 heteroatoms. The van der Waals surface area contributed by atoms with E-state index in [9.17, 15) is 24.9 Å². The van der Waals surface area contributed by atoms with Crippen molar-refractivity contribution < 1.29 is 34.4 Å². The molecular weight excluding hydrogens is 522 g/mol. The third-order valence-corrected chi connectivity index (χ3v) is 8.02. The summed E-state index contributed by atoms with van der Waals surface area (Å²) in [5, 5.41) is 32.5. The molecule has 0 aliphatic carbocycles. The molecule has 8 nitrogen and oxygen atoms in total. The van der Waals surface area contributed by atoms with Gasteiger partial charge >= 0.3 is 12.1 Å². The number of ether oxygens (including phenoxy) is 2. The van der Waals surface area contributed by atoms with Crippen molar-refractivity contribution >= 4 is 12.1 Å². The number of esters is 1. The fourth-order valence-corrected chi connectivity index (χ4v) is 5.53. The topological polar surface area (TPSA) is 139 Å². The van der Waals surface area contributed by atoms with Crippen LogP contribution in [0, 0.1) is 35.5 Å². The maximum Gasteiger partial charge on any atom is 0.404 e. The molecule has 1 aliphatic rings. The zero-order chi connectivity index (χ0) is 31.4. The van der Waals surface area contributed by atoms with Crippen LogP contribution in [0.25, 0.3) is 0 Å². The largest absolute Gasteiger partial charge is 0.458 e. The van der Waals surface area contributed by atoms with Crippen LogP contribution in [0.4, 0.5) is 4.79 Å². The van der Waals surface area contributed by atoms with Gasteiger partial charge in [0.2, 0.25) is 0 Å². The first kappa shape index (κ1) is 36.3. The first-order valence-electron chi connectivity index (χ1n) is 14.6. The van der Waals surface area contributed by atoms with Crippen molar-refractivity contribution in [3.63, 3.8) is 0 Å². The average Bonchev–Trinajstić information content (AvgIpc) is 2.90. The van der Waals surface area contributed by atoms with Gasteiger partial charge in [-0.1, -0.05) is 96.2 Å². The van der Waals surface area contributed by atoms with Crippen LogP contribution in [-0.4, -0.2) is 57.9 Å². The number of nitrogens with two attached hydrogens (primary N) is 1. The number of hydrogen-bond donors (Lipinski definition) is 4. The van der Waals surface area contributed by atoms with E-state index in [4.69, 9.17) is 15.2 Å². The van der Waals surface area contributed by atoms with E-state index in [-0.39, 0.29) is 54.0 Å². The Labute approximate surface area is 246 Å². The lowest BCUT2D eigenvalue weighted by Gasteiger charge is -2.33. The maximum atomic E-state index is 11.8. The number of allylic oxidation sites excluding steroid dienone is 3. The summed E-state index contributed by atoms with van der Waals surface area (Å²) >= 11 is 0. The number of hydrogen-bond acceptors (Lipinski definition) is 7. The van der Waals surface area contributed by atoms with Crippen LogP contribution in [0.5, 0.6) is 0 Å². The number of primary amides is 1. The number of carbonyl (C=O) groups excluding carboxylic acids is 2. The summed E-state index contributed by atoms with van der Waals surface area (Å²) in [6.45, 7) is 18.8. The Morgan fingerprint density at radius 1 is 1.07 bits per heavy atom. The molecule has 0 aromatic heterocycles. The van der Waals surface area contributed by atoms with E-state index in [2.05, 4.69) is 6.58 Å². The Hall–Kier alpha value is -2.68. The number of carbonyl (C=O) groups is 2. The van der Waals surface area contributed by atoms with Crippen LogP contribution >= 0.6 is 0 Å². The van der Waals surface area contributed by atoms with E-state index >= 15 is 0 Å². The van der Waals surface area contributed by atoms with Crippen molar-refractivity contribution in [1.82, 2.24) is 0 Å². The smallest absolute Gasteiger partial charge is 0.404 e. The van der Waals surface area contributed by atoms with Gasteiger partial charge in [-0.05, 0) is 26.2 Å². The first-order valence-corrected chi connectivity index (χ1v) is 14.6. The number of amides is 1. The fourth-order valence-electron chi connectivity index (χ4n) is 5.53. The second-order valence-electron chi connectivity index (χ2n) is 12.0. The van der Waals surface area contributed by atoms with Gasteiger partial charge in [-0.15, -0.1) is 0 Å². The van der Waals surface area contributed by atoms with Gasteiger partial charge < -0.3 is 30.5 Å². The first-order chi connectivity index (χ1) is 19.1. The summed E-state index contributed by atoms with van der Waals surface area (Å²) in [5.74, 6) is -1.39. The Bertz CT molecular complexity index is 984. The van der Waals surface area contributed by atoms with Gasteiger partial charge in [0.05, 0.1) is 18.3 Å². The van der Waals surface area contributed by atoms with Gasteiger partial charge in [0.25, 0.3) is 0 Å². The number of cyclic esters (lactones) is 1. The molecule has 1 amide bonds. The van der Waals surface area contributed by atoms with Gasteiger partial charge in [0.15, 0.2) is 0 Å². The minimum Gasteiger partial charge on any atom is -0.458 e. The van der Waals surface area contributed by atoms with Crippen LogP contribution in [0.2, 0.25) is 0 Å². The van der Waals surface area contributed by atoms with E-state index in [1.165, 1.54) is 0 Å². The van der Waals surface area contributed by atoms with Crippen molar-refractivity contribution in [2.45, 2.75) is 98.8 Å². The third kappa shape index (κ3) is 12.0. The molecule has 0 radical (unpaired) electrons. The third-order valence-electron chi connectivity index (χ3n) is 8.02. The van der Waals surface area contributed by atoms with Crippen LogP contribution < -0.4 is 5.73 Å². The average molecular weight is 576 g/mol. The molecule has 0 spiro atoms.